The molecule has 0 saturated carbocycles. The van der Waals surface area contributed by atoms with Crippen LogP contribution in [0.1, 0.15) is 19.3 Å². The number of carbonyl (C=O) groups excluding carboxylic acids is 1. The second-order valence-corrected chi connectivity index (χ2v) is 3.42. The first-order chi connectivity index (χ1) is 8.84. The van der Waals surface area contributed by atoms with Gasteiger partial charge >= 0.3 is 17.9 Å². The van der Waals surface area contributed by atoms with Crippen molar-refractivity contribution in [1.29, 1.82) is 0 Å². The lowest BCUT2D eigenvalue weighted by molar-refractivity contribution is -0.142. The first-order valence-corrected chi connectivity index (χ1v) is 5.52. The molecule has 0 rings (SSSR count). The van der Waals surface area contributed by atoms with E-state index in [0.29, 0.717) is 25.1 Å². The number of aliphatic carboxylic acids is 2. The van der Waals surface area contributed by atoms with Crippen LogP contribution in [0.3, 0.4) is 0 Å². The molecule has 0 aliphatic heterocycles. The normalized spacial score (nSPS) is 11.3. The van der Waals surface area contributed by atoms with Gasteiger partial charge in [-0.2, -0.15) is 0 Å². The van der Waals surface area contributed by atoms with Gasteiger partial charge in [-0.05, 0) is 19.4 Å². The summed E-state index contributed by atoms with van der Waals surface area (Å²) >= 11 is 0. The largest absolute Gasteiger partial charge is 0.478 e. The van der Waals surface area contributed by atoms with Crippen LogP contribution in [0, 0.1) is 0 Å². The zero-order chi connectivity index (χ0) is 15.3. The highest BCUT2D eigenvalue weighted by Gasteiger charge is 2.11. The summed E-state index contributed by atoms with van der Waals surface area (Å²) in [6.45, 7) is 0.647. The SMILES string of the molecule is COC(=O)[C@@H](N)CCCCN.O=C(O)C=CC(=O)O. The van der Waals surface area contributed by atoms with Crippen molar-refractivity contribution < 1.29 is 29.3 Å². The van der Waals surface area contributed by atoms with Gasteiger partial charge in [-0.15, -0.1) is 0 Å². The van der Waals surface area contributed by atoms with E-state index in [1.54, 1.807) is 0 Å². The monoisotopic (exact) mass is 276 g/mol. The van der Waals surface area contributed by atoms with Crippen molar-refractivity contribution in [3.05, 3.63) is 12.2 Å². The summed E-state index contributed by atoms with van der Waals surface area (Å²) in [6, 6.07) is -0.480. The molecule has 0 fully saturated rings. The predicted octanol–water partition coefficient (Wildman–Crippen LogP) is -0.672. The number of hydrogen-bond donors (Lipinski definition) is 4. The molecule has 6 N–H and O–H groups in total. The number of methoxy groups -OCH3 is 1. The number of ether oxygens (including phenoxy) is 1. The van der Waals surface area contributed by atoms with Gasteiger partial charge in [0.2, 0.25) is 0 Å². The Bertz CT molecular complexity index is 300. The molecule has 8 heteroatoms. The van der Waals surface area contributed by atoms with Crippen LogP contribution in [-0.2, 0) is 19.1 Å². The molecule has 110 valence electrons. The summed E-state index contributed by atoms with van der Waals surface area (Å²) in [4.78, 5) is 29.8. The predicted molar refractivity (Wildman–Crippen MR) is 67.3 cm³/mol. The van der Waals surface area contributed by atoms with Gasteiger partial charge in [-0.1, -0.05) is 6.42 Å². The van der Waals surface area contributed by atoms with Gasteiger partial charge in [0.1, 0.15) is 6.04 Å². The Morgan fingerprint density at radius 2 is 1.63 bits per heavy atom. The van der Waals surface area contributed by atoms with Crippen LogP contribution in [0.15, 0.2) is 12.2 Å². The molecular weight excluding hydrogens is 256 g/mol. The number of carboxylic acids is 2. The van der Waals surface area contributed by atoms with Crippen LogP contribution in [0.5, 0.6) is 0 Å². The van der Waals surface area contributed by atoms with Crippen molar-refractivity contribution in [2.24, 2.45) is 11.5 Å². The third kappa shape index (κ3) is 16.1. The summed E-state index contributed by atoms with van der Waals surface area (Å²) in [5.74, 6) is -2.86. The molecule has 0 heterocycles. The van der Waals surface area contributed by atoms with E-state index in [-0.39, 0.29) is 5.97 Å². The van der Waals surface area contributed by atoms with Gasteiger partial charge in [0, 0.05) is 12.2 Å². The zero-order valence-corrected chi connectivity index (χ0v) is 10.7. The molecule has 1 atom stereocenters. The highest BCUT2D eigenvalue weighted by atomic mass is 16.5. The molecule has 0 aliphatic carbocycles. The summed E-state index contributed by atoms with van der Waals surface area (Å²) in [5, 5.41) is 15.6. The average Bonchev–Trinajstić information content (AvgIpc) is 2.36. The molecule has 0 radical (unpaired) electrons. The Morgan fingerprint density at radius 3 is 1.95 bits per heavy atom. The molecule has 0 bridgehead atoms. The number of rotatable bonds is 7. The van der Waals surface area contributed by atoms with Crippen LogP contribution in [0.2, 0.25) is 0 Å². The minimum absolute atomic E-state index is 0.345. The smallest absolute Gasteiger partial charge is 0.328 e. The van der Waals surface area contributed by atoms with E-state index in [1.165, 1.54) is 7.11 Å². The van der Waals surface area contributed by atoms with Crippen LogP contribution in [0.25, 0.3) is 0 Å². The first kappa shape index (κ1) is 19.4. The third-order valence-corrected chi connectivity index (χ3v) is 1.84. The summed E-state index contributed by atoms with van der Waals surface area (Å²) in [5.41, 5.74) is 10.7. The van der Waals surface area contributed by atoms with Gasteiger partial charge < -0.3 is 26.4 Å². The van der Waals surface area contributed by atoms with Crippen molar-refractivity contribution in [1.82, 2.24) is 0 Å². The molecule has 0 aromatic carbocycles. The maximum absolute atomic E-state index is 10.7. The topological polar surface area (TPSA) is 153 Å². The number of nitrogens with two attached hydrogens (primary N) is 2. The summed E-state index contributed by atoms with van der Waals surface area (Å²) < 4.78 is 4.45. The van der Waals surface area contributed by atoms with Gasteiger partial charge in [0.15, 0.2) is 0 Å². The van der Waals surface area contributed by atoms with Gasteiger partial charge in [0.05, 0.1) is 7.11 Å². The molecule has 8 nitrogen and oxygen atoms in total. The van der Waals surface area contributed by atoms with E-state index in [9.17, 15) is 14.4 Å². The number of carboxylic acid groups (broad SMARTS) is 2. The molecule has 0 saturated heterocycles. The number of hydrogen-bond acceptors (Lipinski definition) is 6. The highest BCUT2D eigenvalue weighted by molar-refractivity contribution is 5.89. The van der Waals surface area contributed by atoms with E-state index in [2.05, 4.69) is 4.74 Å². The summed E-state index contributed by atoms with van der Waals surface area (Å²) in [6.07, 6.45) is 3.56. The van der Waals surface area contributed by atoms with Crippen LogP contribution < -0.4 is 11.5 Å². The third-order valence-electron chi connectivity index (χ3n) is 1.84. The summed E-state index contributed by atoms with van der Waals surface area (Å²) in [7, 11) is 1.34. The van der Waals surface area contributed by atoms with Crippen molar-refractivity contribution in [3.8, 4) is 0 Å². The zero-order valence-electron chi connectivity index (χ0n) is 10.7. The van der Waals surface area contributed by atoms with Gasteiger partial charge in [-0.3, -0.25) is 4.79 Å². The quantitative estimate of drug-likeness (QED) is 0.271. The van der Waals surface area contributed by atoms with Crippen molar-refractivity contribution in [3.63, 3.8) is 0 Å². The fraction of sp³-hybridized carbons (Fsp3) is 0.545. The maximum Gasteiger partial charge on any atom is 0.328 e. The fourth-order valence-electron chi connectivity index (χ4n) is 0.920. The van der Waals surface area contributed by atoms with Crippen molar-refractivity contribution in [2.75, 3.05) is 13.7 Å². The van der Waals surface area contributed by atoms with E-state index in [4.69, 9.17) is 21.7 Å². The highest BCUT2D eigenvalue weighted by Crippen LogP contribution is 1.98. The Hall–Kier alpha value is -1.93. The lowest BCUT2D eigenvalue weighted by atomic mass is 10.1. The van der Waals surface area contributed by atoms with E-state index in [1.807, 2.05) is 0 Å². The first-order valence-electron chi connectivity index (χ1n) is 5.52. The minimum Gasteiger partial charge on any atom is -0.478 e. The molecule has 0 amide bonds. The van der Waals surface area contributed by atoms with E-state index >= 15 is 0 Å². The number of esters is 1. The van der Waals surface area contributed by atoms with Crippen molar-refractivity contribution >= 4 is 17.9 Å². The van der Waals surface area contributed by atoms with Crippen LogP contribution >= 0.6 is 0 Å². The second-order valence-electron chi connectivity index (χ2n) is 3.42. The average molecular weight is 276 g/mol. The van der Waals surface area contributed by atoms with E-state index in [0.717, 1.165) is 12.8 Å². The molecule has 0 spiro atoms. The lowest BCUT2D eigenvalue weighted by Crippen LogP contribution is -2.31. The Balaban J connectivity index is 0. The number of carbonyl (C=O) groups is 3. The molecule has 19 heavy (non-hydrogen) atoms. The molecule has 0 aromatic rings. The molecule has 0 unspecified atom stereocenters. The minimum atomic E-state index is -1.26. The van der Waals surface area contributed by atoms with Gasteiger partial charge in [-0.25, -0.2) is 9.59 Å². The number of unbranched alkanes of at least 4 members (excludes halogenated alkanes) is 1. The molecule has 0 aromatic heterocycles. The Morgan fingerprint density at radius 1 is 1.16 bits per heavy atom. The lowest BCUT2D eigenvalue weighted by Gasteiger charge is -2.07. The van der Waals surface area contributed by atoms with E-state index < -0.39 is 18.0 Å². The standard InChI is InChI=1S/C7H16N2O2.C4H4O4/c1-11-7(10)6(9)4-2-3-5-8;5-3(6)1-2-4(7)8/h6H,2-5,8-9H2,1H3;1-2H,(H,5,6)(H,7,8)/t6-;/m0./s1. The Kier molecular flexibility index (Phi) is 12.8. The molecule has 0 aliphatic rings. The van der Waals surface area contributed by atoms with Crippen molar-refractivity contribution in [2.45, 2.75) is 25.3 Å². The Labute approximate surface area is 111 Å². The van der Waals surface area contributed by atoms with Gasteiger partial charge in [0.25, 0.3) is 0 Å². The molecular formula is C11H20N2O6. The second kappa shape index (κ2) is 12.5. The van der Waals surface area contributed by atoms with Crippen LogP contribution in [0.4, 0.5) is 0 Å². The maximum atomic E-state index is 10.7. The van der Waals surface area contributed by atoms with Crippen LogP contribution in [-0.4, -0.2) is 47.8 Å². The fourth-order valence-corrected chi connectivity index (χ4v) is 0.920.